The average Bonchev–Trinajstić information content (AvgIpc) is 3.04. The van der Waals surface area contributed by atoms with Crippen LogP contribution in [0.3, 0.4) is 0 Å². The van der Waals surface area contributed by atoms with Crippen LogP contribution in [0.2, 0.25) is 0 Å². The second-order valence-electron chi connectivity index (χ2n) is 4.08. The van der Waals surface area contributed by atoms with Gasteiger partial charge in [0.1, 0.15) is 11.5 Å². The molecule has 2 N–H and O–H groups in total. The van der Waals surface area contributed by atoms with Gasteiger partial charge in [-0.05, 0) is 26.0 Å². The van der Waals surface area contributed by atoms with E-state index in [2.05, 4.69) is 15.6 Å². The number of amides is 2. The number of furan rings is 1. The van der Waals surface area contributed by atoms with E-state index in [0.29, 0.717) is 17.3 Å². The van der Waals surface area contributed by atoms with Gasteiger partial charge < -0.3 is 15.1 Å². The number of nitrogens with zero attached hydrogens (tertiary/aromatic N) is 1. The van der Waals surface area contributed by atoms with Crippen molar-refractivity contribution in [3.8, 4) is 10.8 Å². The minimum atomic E-state index is -0.373. The number of thiazole rings is 1. The molecule has 0 radical (unpaired) electrons. The van der Waals surface area contributed by atoms with Gasteiger partial charge >= 0.3 is 0 Å². The van der Waals surface area contributed by atoms with Gasteiger partial charge in [0.2, 0.25) is 5.91 Å². The smallest absolute Gasteiger partial charge is 0.271 e. The Balaban J connectivity index is 1.98. The minimum absolute atomic E-state index is 0.0562. The summed E-state index contributed by atoms with van der Waals surface area (Å²) in [5.74, 6) is 0.827. The van der Waals surface area contributed by atoms with E-state index in [0.717, 1.165) is 5.76 Å². The van der Waals surface area contributed by atoms with Gasteiger partial charge in [-0.3, -0.25) is 9.59 Å². The highest BCUT2D eigenvalue weighted by Crippen LogP contribution is 2.25. The van der Waals surface area contributed by atoms with Crippen molar-refractivity contribution in [3.63, 3.8) is 0 Å². The van der Waals surface area contributed by atoms with Crippen molar-refractivity contribution in [2.45, 2.75) is 13.8 Å². The Morgan fingerprint density at radius 1 is 1.35 bits per heavy atom. The molecule has 2 amide bonds. The Morgan fingerprint density at radius 2 is 2.15 bits per heavy atom. The summed E-state index contributed by atoms with van der Waals surface area (Å²) in [4.78, 5) is 27.3. The highest BCUT2D eigenvalue weighted by Gasteiger charge is 2.14. The molecule has 0 fully saturated rings. The third kappa shape index (κ3) is 3.45. The Kier molecular flexibility index (Phi) is 4.52. The topological polar surface area (TPSA) is 84.2 Å². The van der Waals surface area contributed by atoms with E-state index in [1.54, 1.807) is 5.38 Å². The number of hydrogen-bond donors (Lipinski definition) is 2. The SMILES string of the molecule is CCNC(=O)CNC(=O)c1csc(-c2ccc(C)o2)n1. The molecule has 2 rings (SSSR count). The molecule has 2 aromatic rings. The van der Waals surface area contributed by atoms with E-state index in [4.69, 9.17) is 4.42 Å². The van der Waals surface area contributed by atoms with Crippen LogP contribution in [-0.2, 0) is 4.79 Å². The van der Waals surface area contributed by atoms with E-state index < -0.39 is 0 Å². The predicted molar refractivity (Wildman–Crippen MR) is 75.6 cm³/mol. The van der Waals surface area contributed by atoms with Crippen LogP contribution in [0.4, 0.5) is 0 Å². The molecular formula is C13H15N3O3S. The third-order valence-corrected chi connectivity index (χ3v) is 3.33. The Bertz CT molecular complexity index is 618. The molecule has 0 bridgehead atoms. The summed E-state index contributed by atoms with van der Waals surface area (Å²) in [6, 6.07) is 3.65. The number of aromatic nitrogens is 1. The van der Waals surface area contributed by atoms with Crippen molar-refractivity contribution in [2.24, 2.45) is 0 Å². The molecule has 0 saturated heterocycles. The number of carbonyl (C=O) groups is 2. The normalized spacial score (nSPS) is 10.3. The van der Waals surface area contributed by atoms with Gasteiger partial charge in [-0.1, -0.05) is 0 Å². The first kappa shape index (κ1) is 14.3. The van der Waals surface area contributed by atoms with E-state index in [9.17, 15) is 9.59 Å². The van der Waals surface area contributed by atoms with Crippen molar-refractivity contribution in [1.29, 1.82) is 0 Å². The summed E-state index contributed by atoms with van der Waals surface area (Å²) < 4.78 is 5.44. The van der Waals surface area contributed by atoms with Gasteiger partial charge in [0, 0.05) is 11.9 Å². The number of aryl methyl sites for hydroxylation is 1. The summed E-state index contributed by atoms with van der Waals surface area (Å²) in [5.41, 5.74) is 0.281. The monoisotopic (exact) mass is 293 g/mol. The quantitative estimate of drug-likeness (QED) is 0.876. The zero-order chi connectivity index (χ0) is 14.5. The zero-order valence-corrected chi connectivity index (χ0v) is 12.0. The molecule has 0 spiro atoms. The van der Waals surface area contributed by atoms with Crippen LogP contribution in [0.25, 0.3) is 10.8 Å². The third-order valence-electron chi connectivity index (χ3n) is 2.47. The number of hydrogen-bond acceptors (Lipinski definition) is 5. The molecule has 0 aliphatic carbocycles. The fourth-order valence-corrected chi connectivity index (χ4v) is 2.31. The van der Waals surface area contributed by atoms with E-state index >= 15 is 0 Å². The van der Waals surface area contributed by atoms with Crippen molar-refractivity contribution in [2.75, 3.05) is 13.1 Å². The number of carbonyl (C=O) groups excluding carboxylic acids is 2. The standard InChI is InChI=1S/C13H15N3O3S/c1-3-14-11(17)6-15-12(18)9-7-20-13(16-9)10-5-4-8(2)19-10/h4-5,7H,3,6H2,1-2H3,(H,14,17)(H,15,18). The molecule has 0 aliphatic rings. The molecular weight excluding hydrogens is 278 g/mol. The zero-order valence-electron chi connectivity index (χ0n) is 11.2. The van der Waals surface area contributed by atoms with Crippen LogP contribution in [-0.4, -0.2) is 29.9 Å². The molecule has 0 unspecified atom stereocenters. The van der Waals surface area contributed by atoms with Crippen LogP contribution in [0, 0.1) is 6.92 Å². The molecule has 0 atom stereocenters. The summed E-state index contributed by atoms with van der Waals surface area (Å²) in [6.45, 7) is 4.14. The molecule has 2 aromatic heterocycles. The van der Waals surface area contributed by atoms with E-state index in [1.165, 1.54) is 11.3 Å². The minimum Gasteiger partial charge on any atom is -0.459 e. The highest BCUT2D eigenvalue weighted by molar-refractivity contribution is 7.13. The largest absolute Gasteiger partial charge is 0.459 e. The fourth-order valence-electron chi connectivity index (χ4n) is 1.55. The molecule has 20 heavy (non-hydrogen) atoms. The lowest BCUT2D eigenvalue weighted by atomic mass is 10.4. The lowest BCUT2D eigenvalue weighted by molar-refractivity contribution is -0.120. The first-order valence-electron chi connectivity index (χ1n) is 6.17. The van der Waals surface area contributed by atoms with Crippen LogP contribution in [0.5, 0.6) is 0 Å². The van der Waals surface area contributed by atoms with Gasteiger partial charge in [0.05, 0.1) is 6.54 Å². The molecule has 7 heteroatoms. The maximum atomic E-state index is 11.8. The van der Waals surface area contributed by atoms with Crippen molar-refractivity contribution < 1.29 is 14.0 Å². The van der Waals surface area contributed by atoms with Crippen molar-refractivity contribution >= 4 is 23.2 Å². The molecule has 6 nitrogen and oxygen atoms in total. The first-order chi connectivity index (χ1) is 9.60. The average molecular weight is 293 g/mol. The first-order valence-corrected chi connectivity index (χ1v) is 7.05. The van der Waals surface area contributed by atoms with E-state index in [-0.39, 0.29) is 24.1 Å². The fraction of sp³-hybridized carbons (Fsp3) is 0.308. The van der Waals surface area contributed by atoms with Crippen LogP contribution < -0.4 is 10.6 Å². The molecule has 0 saturated carbocycles. The van der Waals surface area contributed by atoms with E-state index in [1.807, 2.05) is 26.0 Å². The number of likely N-dealkylation sites (N-methyl/N-ethyl adjacent to an activating group) is 1. The van der Waals surface area contributed by atoms with Gasteiger partial charge in [0.15, 0.2) is 10.8 Å². The lowest BCUT2D eigenvalue weighted by Gasteiger charge is -2.02. The molecule has 2 heterocycles. The van der Waals surface area contributed by atoms with Crippen LogP contribution in [0.1, 0.15) is 23.2 Å². The number of nitrogens with one attached hydrogen (secondary N) is 2. The second-order valence-corrected chi connectivity index (χ2v) is 4.94. The Hall–Kier alpha value is -2.15. The lowest BCUT2D eigenvalue weighted by Crippen LogP contribution is -2.36. The van der Waals surface area contributed by atoms with Crippen LogP contribution in [0.15, 0.2) is 21.9 Å². The van der Waals surface area contributed by atoms with Gasteiger partial charge in [-0.25, -0.2) is 4.98 Å². The second kappa shape index (κ2) is 6.33. The number of rotatable bonds is 5. The van der Waals surface area contributed by atoms with Crippen molar-refractivity contribution in [3.05, 3.63) is 29.0 Å². The molecule has 0 aromatic carbocycles. The van der Waals surface area contributed by atoms with Gasteiger partial charge in [-0.2, -0.15) is 0 Å². The summed E-state index contributed by atoms with van der Waals surface area (Å²) in [5, 5.41) is 7.39. The molecule has 0 aliphatic heterocycles. The van der Waals surface area contributed by atoms with Crippen molar-refractivity contribution in [1.82, 2.24) is 15.6 Å². The van der Waals surface area contributed by atoms with Gasteiger partial charge in [0.25, 0.3) is 5.91 Å². The maximum Gasteiger partial charge on any atom is 0.271 e. The summed E-state index contributed by atoms with van der Waals surface area (Å²) in [7, 11) is 0. The summed E-state index contributed by atoms with van der Waals surface area (Å²) >= 11 is 1.32. The van der Waals surface area contributed by atoms with Crippen LogP contribution >= 0.6 is 11.3 Å². The Labute approximate surface area is 120 Å². The predicted octanol–water partition coefficient (Wildman–Crippen LogP) is 1.58. The summed E-state index contributed by atoms with van der Waals surface area (Å²) in [6.07, 6.45) is 0. The van der Waals surface area contributed by atoms with Gasteiger partial charge in [-0.15, -0.1) is 11.3 Å². The Morgan fingerprint density at radius 3 is 2.80 bits per heavy atom. The maximum absolute atomic E-state index is 11.8. The highest BCUT2D eigenvalue weighted by atomic mass is 32.1. The molecule has 106 valence electrons.